The van der Waals surface area contributed by atoms with Crippen LogP contribution < -0.4 is 0 Å². The monoisotopic (exact) mass is 247 g/mol. The van der Waals surface area contributed by atoms with Crippen LogP contribution in [0.2, 0.25) is 0 Å². The van der Waals surface area contributed by atoms with E-state index in [4.69, 9.17) is 0 Å². The molecule has 0 fully saturated rings. The summed E-state index contributed by atoms with van der Waals surface area (Å²) < 4.78 is 0. The van der Waals surface area contributed by atoms with Crippen molar-refractivity contribution < 1.29 is 0 Å². The zero-order valence-electron chi connectivity index (χ0n) is 10.4. The van der Waals surface area contributed by atoms with Crippen LogP contribution in [0.3, 0.4) is 0 Å². The van der Waals surface area contributed by atoms with Crippen LogP contribution in [-0.2, 0) is 6.42 Å². The molecular formula is C15H21NS. The standard InChI is InChI=1S/C15H21NS/c17-14-16-13-9-4-2-1-3-6-10-15-11-7-5-8-12-15/h5,7-8,11-12H,1-4,6,9-10,13H2. The Bertz CT molecular complexity index is 328. The highest BCUT2D eigenvalue weighted by Gasteiger charge is 1.93. The molecule has 1 aromatic rings. The number of rotatable bonds is 9. The molecule has 0 amide bonds. The number of benzene rings is 1. The third-order valence-corrected chi connectivity index (χ3v) is 3.02. The van der Waals surface area contributed by atoms with E-state index < -0.39 is 0 Å². The van der Waals surface area contributed by atoms with Crippen molar-refractivity contribution >= 4 is 17.4 Å². The molecule has 0 saturated carbocycles. The molecular weight excluding hydrogens is 226 g/mol. The van der Waals surface area contributed by atoms with Crippen molar-refractivity contribution in [2.75, 3.05) is 6.54 Å². The van der Waals surface area contributed by atoms with Gasteiger partial charge < -0.3 is 0 Å². The minimum Gasteiger partial charge on any atom is -0.233 e. The Kier molecular flexibility index (Phi) is 8.44. The predicted molar refractivity (Wildman–Crippen MR) is 77.7 cm³/mol. The summed E-state index contributed by atoms with van der Waals surface area (Å²) in [5.41, 5.74) is 1.46. The largest absolute Gasteiger partial charge is 0.233 e. The van der Waals surface area contributed by atoms with Crippen molar-refractivity contribution in [3.8, 4) is 0 Å². The molecule has 0 aliphatic heterocycles. The first kappa shape index (κ1) is 14.1. The molecule has 0 aliphatic rings. The maximum Gasteiger partial charge on any atom is 0.0584 e. The van der Waals surface area contributed by atoms with Crippen LogP contribution in [0.15, 0.2) is 35.3 Å². The van der Waals surface area contributed by atoms with Crippen LogP contribution in [0.4, 0.5) is 0 Å². The lowest BCUT2D eigenvalue weighted by atomic mass is 10.1. The summed E-state index contributed by atoms with van der Waals surface area (Å²) in [6, 6.07) is 10.7. The number of thiocarbonyl (C=S) groups is 1. The quantitative estimate of drug-likeness (QED) is 0.351. The van der Waals surface area contributed by atoms with E-state index in [0.717, 1.165) is 13.0 Å². The van der Waals surface area contributed by atoms with Gasteiger partial charge in [0.2, 0.25) is 0 Å². The molecule has 0 atom stereocenters. The smallest absolute Gasteiger partial charge is 0.0584 e. The number of hydrogen-bond acceptors (Lipinski definition) is 2. The molecule has 0 aliphatic carbocycles. The zero-order valence-corrected chi connectivity index (χ0v) is 11.2. The minimum absolute atomic E-state index is 0.855. The summed E-state index contributed by atoms with van der Waals surface area (Å²) in [4.78, 5) is 3.91. The molecule has 1 nitrogen and oxygen atoms in total. The topological polar surface area (TPSA) is 12.4 Å². The Balaban J connectivity index is 1.89. The van der Waals surface area contributed by atoms with Crippen LogP contribution in [0.25, 0.3) is 0 Å². The highest BCUT2D eigenvalue weighted by molar-refractivity contribution is 7.78. The lowest BCUT2D eigenvalue weighted by Crippen LogP contribution is -1.86. The third kappa shape index (κ3) is 7.84. The molecule has 0 bridgehead atoms. The van der Waals surface area contributed by atoms with Crippen molar-refractivity contribution in [3.63, 3.8) is 0 Å². The summed E-state index contributed by atoms with van der Waals surface area (Å²) in [5, 5.41) is 2.41. The Morgan fingerprint density at radius 1 is 0.882 bits per heavy atom. The molecule has 0 N–H and O–H groups in total. The third-order valence-electron chi connectivity index (χ3n) is 2.89. The second-order valence-electron chi connectivity index (χ2n) is 4.33. The number of nitrogens with zero attached hydrogens (tertiary/aromatic N) is 1. The van der Waals surface area contributed by atoms with Crippen LogP contribution >= 0.6 is 12.2 Å². The lowest BCUT2D eigenvalue weighted by molar-refractivity contribution is 0.598. The van der Waals surface area contributed by atoms with E-state index in [9.17, 15) is 0 Å². The SMILES string of the molecule is S=C=NCCCCCCCCc1ccccc1. The van der Waals surface area contributed by atoms with E-state index in [0.29, 0.717) is 0 Å². The van der Waals surface area contributed by atoms with Gasteiger partial charge in [-0.1, -0.05) is 56.0 Å². The number of unbranched alkanes of at least 4 members (excludes halogenated alkanes) is 5. The van der Waals surface area contributed by atoms with Crippen LogP contribution in [0.5, 0.6) is 0 Å². The number of hydrogen-bond donors (Lipinski definition) is 0. The second kappa shape index (κ2) is 10.2. The number of aryl methyl sites for hydroxylation is 1. The first-order valence-electron chi connectivity index (χ1n) is 6.51. The molecule has 1 rings (SSSR count). The zero-order chi connectivity index (χ0) is 12.2. The number of isothiocyanates is 1. The molecule has 0 unspecified atom stereocenters. The van der Waals surface area contributed by atoms with E-state index >= 15 is 0 Å². The average molecular weight is 247 g/mol. The van der Waals surface area contributed by atoms with Gasteiger partial charge in [0.05, 0.1) is 5.16 Å². The van der Waals surface area contributed by atoms with Gasteiger partial charge in [-0.15, -0.1) is 0 Å². The summed E-state index contributed by atoms with van der Waals surface area (Å²) in [5.74, 6) is 0. The fraction of sp³-hybridized carbons (Fsp3) is 0.533. The number of aliphatic imine (C=N–C) groups is 1. The van der Waals surface area contributed by atoms with Crippen molar-refractivity contribution in [2.24, 2.45) is 4.99 Å². The van der Waals surface area contributed by atoms with Crippen LogP contribution in [-0.4, -0.2) is 11.7 Å². The molecule has 0 radical (unpaired) electrons. The fourth-order valence-electron chi connectivity index (χ4n) is 1.92. The summed E-state index contributed by atoms with van der Waals surface area (Å²) in [6.45, 7) is 0.855. The summed E-state index contributed by atoms with van der Waals surface area (Å²) >= 11 is 4.52. The minimum atomic E-state index is 0.855. The van der Waals surface area contributed by atoms with Gasteiger partial charge in [-0.05, 0) is 37.0 Å². The highest BCUT2D eigenvalue weighted by atomic mass is 32.1. The normalized spacial score (nSPS) is 9.88. The van der Waals surface area contributed by atoms with Crippen molar-refractivity contribution in [1.82, 2.24) is 0 Å². The fourth-order valence-corrected chi connectivity index (χ4v) is 2.01. The van der Waals surface area contributed by atoms with Gasteiger partial charge >= 0.3 is 0 Å². The summed E-state index contributed by atoms with van der Waals surface area (Å²) in [7, 11) is 0. The van der Waals surface area contributed by atoms with Gasteiger partial charge in [0.25, 0.3) is 0 Å². The Morgan fingerprint density at radius 3 is 2.24 bits per heavy atom. The van der Waals surface area contributed by atoms with Crippen molar-refractivity contribution in [1.29, 1.82) is 0 Å². The molecule has 0 heterocycles. The van der Waals surface area contributed by atoms with E-state index in [1.165, 1.54) is 44.1 Å². The Hall–Kier alpha value is -0.980. The molecule has 17 heavy (non-hydrogen) atoms. The van der Waals surface area contributed by atoms with E-state index in [-0.39, 0.29) is 0 Å². The predicted octanol–water partition coefficient (Wildman–Crippen LogP) is 4.67. The van der Waals surface area contributed by atoms with Crippen molar-refractivity contribution in [2.45, 2.75) is 44.9 Å². The van der Waals surface area contributed by atoms with Gasteiger partial charge in [0.1, 0.15) is 0 Å². The molecule has 2 heteroatoms. The van der Waals surface area contributed by atoms with Crippen LogP contribution in [0, 0.1) is 0 Å². The highest BCUT2D eigenvalue weighted by Crippen LogP contribution is 2.09. The first-order valence-corrected chi connectivity index (χ1v) is 6.92. The maximum atomic E-state index is 4.52. The molecule has 0 aromatic heterocycles. The van der Waals surface area contributed by atoms with Gasteiger partial charge in [0, 0.05) is 6.54 Å². The molecule has 1 aromatic carbocycles. The van der Waals surface area contributed by atoms with E-state index in [1.807, 2.05) is 0 Å². The van der Waals surface area contributed by atoms with Gasteiger partial charge in [0.15, 0.2) is 0 Å². The molecule has 92 valence electrons. The van der Waals surface area contributed by atoms with E-state index in [2.05, 4.69) is 52.7 Å². The summed E-state index contributed by atoms with van der Waals surface area (Å²) in [6.07, 6.45) is 8.95. The first-order chi connectivity index (χ1) is 8.43. The van der Waals surface area contributed by atoms with Gasteiger partial charge in [-0.25, -0.2) is 4.99 Å². The van der Waals surface area contributed by atoms with Crippen molar-refractivity contribution in [3.05, 3.63) is 35.9 Å². The molecule has 0 spiro atoms. The lowest BCUT2D eigenvalue weighted by Gasteiger charge is -2.01. The van der Waals surface area contributed by atoms with Gasteiger partial charge in [-0.3, -0.25) is 0 Å². The Labute approximate surface area is 110 Å². The van der Waals surface area contributed by atoms with Crippen LogP contribution in [0.1, 0.15) is 44.1 Å². The Morgan fingerprint density at radius 2 is 1.53 bits per heavy atom. The second-order valence-corrected chi connectivity index (χ2v) is 4.51. The molecule has 0 saturated heterocycles. The van der Waals surface area contributed by atoms with Gasteiger partial charge in [-0.2, -0.15) is 0 Å². The average Bonchev–Trinajstić information content (AvgIpc) is 2.38. The maximum absolute atomic E-state index is 4.52. The van der Waals surface area contributed by atoms with E-state index in [1.54, 1.807) is 0 Å².